The van der Waals surface area contributed by atoms with Gasteiger partial charge in [0.05, 0.1) is 0 Å². The second-order valence-electron chi connectivity index (χ2n) is 13.2. The Bertz CT molecular complexity index is 2210. The summed E-state index contributed by atoms with van der Waals surface area (Å²) < 4.78 is 19.5. The van der Waals surface area contributed by atoms with Crippen molar-refractivity contribution in [2.75, 3.05) is 4.90 Å². The summed E-state index contributed by atoms with van der Waals surface area (Å²) in [4.78, 5) is 2.15. The molecule has 250 valence electrons. The largest absolute Gasteiger partial charge is 0.0572 e. The third-order valence-electron chi connectivity index (χ3n) is 9.99. The van der Waals surface area contributed by atoms with Gasteiger partial charge in [-0.1, -0.05) is 17.7 Å². The predicted octanol–water partition coefficient (Wildman–Crippen LogP) is 10.3. The van der Waals surface area contributed by atoms with Crippen LogP contribution >= 0.6 is 0 Å². The van der Waals surface area contributed by atoms with Crippen LogP contribution in [0.3, 0.4) is 0 Å². The molecule has 0 atom stereocenters. The zero-order valence-corrected chi connectivity index (χ0v) is 31.1. The van der Waals surface area contributed by atoms with E-state index in [4.69, 9.17) is 0 Å². The molecule has 0 N–H and O–H groups in total. The van der Waals surface area contributed by atoms with Crippen LogP contribution in [0.15, 0.2) is 212 Å². The Morgan fingerprint density at radius 1 is 0.327 bits per heavy atom. The van der Waals surface area contributed by atoms with Gasteiger partial charge in [0.25, 0.3) is 0 Å². The molecule has 8 aromatic rings. The molecule has 0 unspecified atom stereocenters. The fourth-order valence-electron chi connectivity index (χ4n) is 7.37. The summed E-state index contributed by atoms with van der Waals surface area (Å²) in [7, 11) is 0. The fourth-order valence-corrected chi connectivity index (χ4v) is 17.3. The molecule has 0 aliphatic heterocycles. The average Bonchev–Trinajstić information content (AvgIpc) is 3.22. The smallest absolute Gasteiger partial charge is 0.0378 e. The zero-order valence-electron chi connectivity index (χ0n) is 29.0. The minimum absolute atomic E-state index is 0.246. The molecular formula is C49H38FGeN. The first-order valence-corrected chi connectivity index (χ1v) is 21.9. The van der Waals surface area contributed by atoms with E-state index in [1.54, 1.807) is 0 Å². The molecule has 0 aromatic heterocycles. The SMILES string of the molecule is Cc1ccc(N(c2ccc(F)cc2)c2ccc(-c3ccc(-c4cc[c]([Ge]([c]5ccccc5)([c]5ccccc5)[c]5ccccc5)cc4)cc3)cc2)cc1. The molecule has 0 amide bonds. The summed E-state index contributed by atoms with van der Waals surface area (Å²) in [5.74, 6) is -0.246. The Morgan fingerprint density at radius 2 is 0.615 bits per heavy atom. The molecule has 0 radical (unpaired) electrons. The molecule has 0 aliphatic rings. The molecule has 0 aliphatic carbocycles. The number of hydrogen-bond donors (Lipinski definition) is 0. The summed E-state index contributed by atoms with van der Waals surface area (Å²) in [6.45, 7) is 2.08. The van der Waals surface area contributed by atoms with Gasteiger partial charge in [0.15, 0.2) is 0 Å². The summed E-state index contributed by atoms with van der Waals surface area (Å²) in [5.41, 5.74) is 8.82. The first-order valence-electron chi connectivity index (χ1n) is 17.7. The Hall–Kier alpha value is -5.97. The molecule has 1 nitrogen and oxygen atoms in total. The predicted molar refractivity (Wildman–Crippen MR) is 220 cm³/mol. The van der Waals surface area contributed by atoms with Gasteiger partial charge in [-0.05, 0) is 43.3 Å². The monoisotopic (exact) mass is 733 g/mol. The molecule has 0 fully saturated rings. The number of hydrogen-bond acceptors (Lipinski definition) is 1. The molecule has 0 saturated heterocycles. The van der Waals surface area contributed by atoms with Crippen LogP contribution < -0.4 is 22.5 Å². The van der Waals surface area contributed by atoms with Gasteiger partial charge >= 0.3 is 223 Å². The van der Waals surface area contributed by atoms with E-state index in [1.165, 1.54) is 46.4 Å². The number of anilines is 3. The van der Waals surface area contributed by atoms with E-state index in [0.29, 0.717) is 0 Å². The molecule has 0 heterocycles. The molecule has 0 saturated carbocycles. The summed E-state index contributed by atoms with van der Waals surface area (Å²) >= 11 is -3.29. The molecule has 52 heavy (non-hydrogen) atoms. The molecule has 8 aromatic carbocycles. The Morgan fingerprint density at radius 3 is 1.00 bits per heavy atom. The van der Waals surface area contributed by atoms with Crippen LogP contribution in [0.4, 0.5) is 21.5 Å². The maximum atomic E-state index is 13.8. The summed E-state index contributed by atoms with van der Waals surface area (Å²) in [6, 6.07) is 75.2. The van der Waals surface area contributed by atoms with E-state index in [1.807, 2.05) is 12.1 Å². The summed E-state index contributed by atoms with van der Waals surface area (Å²) in [6.07, 6.45) is 0. The van der Waals surface area contributed by atoms with Gasteiger partial charge in [0.1, 0.15) is 5.82 Å². The van der Waals surface area contributed by atoms with E-state index in [9.17, 15) is 4.39 Å². The number of aryl methyl sites for hydroxylation is 1. The molecule has 8 rings (SSSR count). The van der Waals surface area contributed by atoms with Crippen LogP contribution in [0.2, 0.25) is 0 Å². The number of nitrogens with zero attached hydrogens (tertiary/aromatic N) is 1. The van der Waals surface area contributed by atoms with Crippen molar-refractivity contribution >= 4 is 47.9 Å². The first-order chi connectivity index (χ1) is 25.6. The van der Waals surface area contributed by atoms with Crippen LogP contribution in [-0.4, -0.2) is 13.3 Å². The average molecular weight is 732 g/mol. The van der Waals surface area contributed by atoms with Gasteiger partial charge < -0.3 is 4.90 Å². The van der Waals surface area contributed by atoms with Crippen LogP contribution in [0.25, 0.3) is 22.3 Å². The Balaban J connectivity index is 1.10. The van der Waals surface area contributed by atoms with Crippen molar-refractivity contribution in [1.82, 2.24) is 0 Å². The number of halogens is 1. The number of rotatable bonds is 9. The van der Waals surface area contributed by atoms with Gasteiger partial charge in [0.2, 0.25) is 0 Å². The zero-order chi connectivity index (χ0) is 35.3. The molecular weight excluding hydrogens is 694 g/mol. The minimum atomic E-state index is -3.29. The maximum Gasteiger partial charge on any atom is -0.0378 e. The van der Waals surface area contributed by atoms with Crippen LogP contribution in [0, 0.1) is 12.7 Å². The van der Waals surface area contributed by atoms with Crippen molar-refractivity contribution in [3.8, 4) is 22.3 Å². The van der Waals surface area contributed by atoms with Gasteiger partial charge in [0, 0.05) is 11.4 Å². The first kappa shape index (κ1) is 33.2. The minimum Gasteiger partial charge on any atom is -0.0572 e. The van der Waals surface area contributed by atoms with Gasteiger partial charge in [-0.3, -0.25) is 0 Å². The third kappa shape index (κ3) is 6.50. The van der Waals surface area contributed by atoms with Crippen LogP contribution in [-0.2, 0) is 0 Å². The third-order valence-corrected chi connectivity index (χ3v) is 20.1. The molecule has 0 spiro atoms. The Kier molecular flexibility index (Phi) is 9.39. The van der Waals surface area contributed by atoms with Gasteiger partial charge in [-0.2, -0.15) is 0 Å². The Labute approximate surface area is 308 Å². The van der Waals surface area contributed by atoms with E-state index in [-0.39, 0.29) is 5.82 Å². The van der Waals surface area contributed by atoms with E-state index < -0.39 is 13.3 Å². The van der Waals surface area contributed by atoms with Crippen molar-refractivity contribution in [3.05, 3.63) is 224 Å². The second kappa shape index (κ2) is 14.7. The van der Waals surface area contributed by atoms with Gasteiger partial charge in [-0.25, -0.2) is 4.39 Å². The van der Waals surface area contributed by atoms with Crippen molar-refractivity contribution in [3.63, 3.8) is 0 Å². The fraction of sp³-hybridized carbons (Fsp3) is 0.0204. The molecule has 3 heteroatoms. The van der Waals surface area contributed by atoms with Crippen LogP contribution in [0.5, 0.6) is 0 Å². The topological polar surface area (TPSA) is 3.24 Å². The maximum absolute atomic E-state index is 13.8. The van der Waals surface area contributed by atoms with E-state index >= 15 is 0 Å². The summed E-state index contributed by atoms with van der Waals surface area (Å²) in [5, 5.41) is 0. The van der Waals surface area contributed by atoms with E-state index in [2.05, 4.69) is 200 Å². The quantitative estimate of drug-likeness (QED) is 0.134. The van der Waals surface area contributed by atoms with Crippen molar-refractivity contribution in [2.45, 2.75) is 6.92 Å². The normalized spacial score (nSPS) is 11.3. The van der Waals surface area contributed by atoms with Crippen molar-refractivity contribution in [2.24, 2.45) is 0 Å². The number of benzene rings is 8. The standard InChI is InChI=1S/C49H38FGeN/c1-37-17-31-47(32-18-37)52(49-35-27-42(50)28-36-49)48-33-25-41(26-34-48)39-21-19-38(20-22-39)40-23-29-46(30-24-40)51(43-11-5-2-6-12-43,44-13-7-3-8-14-44)45-15-9-4-10-16-45/h2-36H,1H3. The van der Waals surface area contributed by atoms with Crippen molar-refractivity contribution < 1.29 is 4.39 Å². The second-order valence-corrected chi connectivity index (χ2v) is 21.2. The van der Waals surface area contributed by atoms with Crippen molar-refractivity contribution in [1.29, 1.82) is 0 Å². The van der Waals surface area contributed by atoms with E-state index in [0.717, 1.165) is 28.2 Å². The molecule has 0 bridgehead atoms. The van der Waals surface area contributed by atoms with Crippen LogP contribution in [0.1, 0.15) is 5.56 Å². The van der Waals surface area contributed by atoms with Gasteiger partial charge in [-0.15, -0.1) is 0 Å².